The van der Waals surface area contributed by atoms with E-state index in [4.69, 9.17) is 5.73 Å². The number of benzene rings is 1. The first kappa shape index (κ1) is 16.5. The number of hydrogen-bond donors (Lipinski definition) is 1. The molecule has 0 aliphatic carbocycles. The van der Waals surface area contributed by atoms with E-state index in [0.717, 1.165) is 20.5 Å². The monoisotopic (exact) mass is 388 g/mol. The molecule has 1 heterocycles. The van der Waals surface area contributed by atoms with Gasteiger partial charge in [0.15, 0.2) is 0 Å². The molecule has 2 rings (SSSR count). The summed E-state index contributed by atoms with van der Waals surface area (Å²) in [6.07, 6.45) is 0. The molecule has 114 valence electrons. The molecule has 0 unspecified atom stereocenters. The molecular weight excluding hydrogens is 372 g/mol. The Bertz CT molecular complexity index is 769. The van der Waals surface area contributed by atoms with Crippen molar-refractivity contribution in [1.82, 2.24) is 4.31 Å². The topological polar surface area (TPSA) is 63.4 Å². The zero-order valence-corrected chi connectivity index (χ0v) is 15.3. The summed E-state index contributed by atoms with van der Waals surface area (Å²) in [5.74, 6) is 0. The van der Waals surface area contributed by atoms with Crippen molar-refractivity contribution < 1.29 is 8.42 Å². The Morgan fingerprint density at radius 3 is 2.52 bits per heavy atom. The highest BCUT2D eigenvalue weighted by Crippen LogP contribution is 2.27. The number of nitrogens with two attached hydrogens (primary N) is 1. The first-order valence-electron chi connectivity index (χ1n) is 6.28. The van der Waals surface area contributed by atoms with Gasteiger partial charge in [-0.15, -0.1) is 11.3 Å². The maximum atomic E-state index is 12.7. The third-order valence-corrected chi connectivity index (χ3v) is 6.84. The van der Waals surface area contributed by atoms with E-state index in [0.29, 0.717) is 12.2 Å². The third kappa shape index (κ3) is 3.48. The number of thiophene rings is 1. The van der Waals surface area contributed by atoms with Crippen LogP contribution in [0.25, 0.3) is 0 Å². The molecule has 0 bridgehead atoms. The number of rotatable bonds is 4. The minimum atomic E-state index is -3.56. The highest BCUT2D eigenvalue weighted by molar-refractivity contribution is 9.11. The molecule has 2 aromatic rings. The van der Waals surface area contributed by atoms with Gasteiger partial charge in [0, 0.05) is 19.3 Å². The van der Waals surface area contributed by atoms with E-state index in [1.807, 2.05) is 18.4 Å². The van der Waals surface area contributed by atoms with Crippen LogP contribution in [0.3, 0.4) is 0 Å². The summed E-state index contributed by atoms with van der Waals surface area (Å²) in [6.45, 7) is 4.00. The first-order chi connectivity index (χ1) is 9.71. The van der Waals surface area contributed by atoms with Gasteiger partial charge in [0.25, 0.3) is 0 Å². The van der Waals surface area contributed by atoms with Crippen LogP contribution in [0.5, 0.6) is 0 Å². The quantitative estimate of drug-likeness (QED) is 0.814. The van der Waals surface area contributed by atoms with E-state index in [9.17, 15) is 8.42 Å². The maximum Gasteiger partial charge on any atom is 0.243 e. The van der Waals surface area contributed by atoms with Gasteiger partial charge in [0.05, 0.1) is 8.68 Å². The zero-order valence-electron chi connectivity index (χ0n) is 12.1. The Hall–Kier alpha value is -0.890. The van der Waals surface area contributed by atoms with Crippen LogP contribution in [-0.2, 0) is 16.6 Å². The molecule has 1 aromatic carbocycles. The predicted molar refractivity (Wildman–Crippen MR) is 91.0 cm³/mol. The van der Waals surface area contributed by atoms with Gasteiger partial charge in [-0.1, -0.05) is 0 Å². The maximum absolute atomic E-state index is 12.7. The molecule has 0 saturated heterocycles. The Labute approximate surface area is 137 Å². The van der Waals surface area contributed by atoms with E-state index >= 15 is 0 Å². The van der Waals surface area contributed by atoms with E-state index in [-0.39, 0.29) is 4.90 Å². The van der Waals surface area contributed by atoms with Gasteiger partial charge in [0.2, 0.25) is 10.0 Å². The van der Waals surface area contributed by atoms with Gasteiger partial charge in [-0.05, 0) is 70.0 Å². The third-order valence-electron chi connectivity index (χ3n) is 3.36. The average molecular weight is 389 g/mol. The summed E-state index contributed by atoms with van der Waals surface area (Å²) >= 11 is 4.92. The van der Waals surface area contributed by atoms with Crippen molar-refractivity contribution in [2.75, 3.05) is 12.8 Å². The number of anilines is 1. The van der Waals surface area contributed by atoms with Crippen molar-refractivity contribution >= 4 is 43.0 Å². The van der Waals surface area contributed by atoms with Gasteiger partial charge in [-0.3, -0.25) is 0 Å². The van der Waals surface area contributed by atoms with E-state index in [2.05, 4.69) is 15.9 Å². The van der Waals surface area contributed by atoms with E-state index in [1.54, 1.807) is 20.0 Å². The summed E-state index contributed by atoms with van der Waals surface area (Å²) in [5.41, 5.74) is 8.82. The fourth-order valence-corrected chi connectivity index (χ4v) is 4.75. The van der Waals surface area contributed by atoms with Gasteiger partial charge in [0.1, 0.15) is 0 Å². The van der Waals surface area contributed by atoms with Crippen LogP contribution in [0.4, 0.5) is 5.69 Å². The number of aryl methyl sites for hydroxylation is 1. The Morgan fingerprint density at radius 2 is 1.95 bits per heavy atom. The lowest BCUT2D eigenvalue weighted by Crippen LogP contribution is -2.27. The van der Waals surface area contributed by atoms with Crippen LogP contribution >= 0.6 is 27.3 Å². The lowest BCUT2D eigenvalue weighted by atomic mass is 10.1. The van der Waals surface area contributed by atoms with Crippen LogP contribution in [0.15, 0.2) is 32.3 Å². The summed E-state index contributed by atoms with van der Waals surface area (Å²) < 4.78 is 27.8. The standard InChI is InChI=1S/C14H17BrN2O2S2/c1-9-4-12(16)6-13(10(9)2)21(18,19)17(3)7-11-5-14(15)20-8-11/h4-6,8H,7,16H2,1-3H3. The largest absolute Gasteiger partial charge is 0.399 e. The first-order valence-corrected chi connectivity index (χ1v) is 9.39. The lowest BCUT2D eigenvalue weighted by molar-refractivity contribution is 0.466. The summed E-state index contributed by atoms with van der Waals surface area (Å²) in [7, 11) is -1.98. The minimum Gasteiger partial charge on any atom is -0.399 e. The Balaban J connectivity index is 2.37. The molecule has 0 atom stereocenters. The summed E-state index contributed by atoms with van der Waals surface area (Å²) in [6, 6.07) is 5.23. The van der Waals surface area contributed by atoms with Gasteiger partial charge in [-0.2, -0.15) is 4.31 Å². The van der Waals surface area contributed by atoms with Crippen molar-refractivity contribution in [3.05, 3.63) is 44.1 Å². The fraction of sp³-hybridized carbons (Fsp3) is 0.286. The molecule has 0 saturated carbocycles. The predicted octanol–water partition coefficient (Wildman–Crippen LogP) is 3.53. The van der Waals surface area contributed by atoms with Crippen molar-refractivity contribution in [3.63, 3.8) is 0 Å². The summed E-state index contributed by atoms with van der Waals surface area (Å²) in [4.78, 5) is 0.275. The van der Waals surface area contributed by atoms with Crippen LogP contribution in [0, 0.1) is 13.8 Å². The molecule has 0 aliphatic rings. The Kier molecular flexibility index (Phi) is 4.77. The molecule has 4 nitrogen and oxygen atoms in total. The second-order valence-corrected chi connectivity index (χ2v) is 9.28. The highest BCUT2D eigenvalue weighted by Gasteiger charge is 2.24. The van der Waals surface area contributed by atoms with Crippen molar-refractivity contribution in [2.24, 2.45) is 0 Å². The van der Waals surface area contributed by atoms with Crippen molar-refractivity contribution in [1.29, 1.82) is 0 Å². The van der Waals surface area contributed by atoms with E-state index < -0.39 is 10.0 Å². The molecule has 21 heavy (non-hydrogen) atoms. The number of nitrogens with zero attached hydrogens (tertiary/aromatic N) is 1. The number of nitrogen functional groups attached to an aromatic ring is 1. The normalized spacial score (nSPS) is 12.0. The van der Waals surface area contributed by atoms with E-state index in [1.165, 1.54) is 21.7 Å². The van der Waals surface area contributed by atoms with Crippen LogP contribution in [0.1, 0.15) is 16.7 Å². The lowest BCUT2D eigenvalue weighted by Gasteiger charge is -2.19. The molecule has 1 aromatic heterocycles. The van der Waals surface area contributed by atoms with Crippen LogP contribution in [0.2, 0.25) is 0 Å². The van der Waals surface area contributed by atoms with Gasteiger partial charge in [-0.25, -0.2) is 8.42 Å². The number of hydrogen-bond acceptors (Lipinski definition) is 4. The molecule has 0 aliphatic heterocycles. The molecular formula is C14H17BrN2O2S2. The minimum absolute atomic E-state index is 0.275. The highest BCUT2D eigenvalue weighted by atomic mass is 79.9. The fourth-order valence-electron chi connectivity index (χ4n) is 2.06. The van der Waals surface area contributed by atoms with Crippen molar-refractivity contribution in [2.45, 2.75) is 25.3 Å². The summed E-state index contributed by atoms with van der Waals surface area (Å²) in [5, 5.41) is 1.94. The zero-order chi connectivity index (χ0) is 15.8. The molecule has 2 N–H and O–H groups in total. The van der Waals surface area contributed by atoms with Crippen LogP contribution < -0.4 is 5.73 Å². The molecule has 0 amide bonds. The molecule has 0 radical (unpaired) electrons. The van der Waals surface area contributed by atoms with Crippen molar-refractivity contribution in [3.8, 4) is 0 Å². The molecule has 0 spiro atoms. The second kappa shape index (κ2) is 6.08. The molecule has 7 heteroatoms. The van der Waals surface area contributed by atoms with Gasteiger partial charge >= 0.3 is 0 Å². The second-order valence-electron chi connectivity index (χ2n) is 4.98. The molecule has 0 fully saturated rings. The smallest absolute Gasteiger partial charge is 0.243 e. The number of sulfonamides is 1. The van der Waals surface area contributed by atoms with Gasteiger partial charge < -0.3 is 5.73 Å². The number of halogens is 1. The van der Waals surface area contributed by atoms with Crippen LogP contribution in [-0.4, -0.2) is 19.8 Å². The SMILES string of the molecule is Cc1cc(N)cc(S(=O)(=O)N(C)Cc2csc(Br)c2)c1C. The average Bonchev–Trinajstić information content (AvgIpc) is 2.79. The Morgan fingerprint density at radius 1 is 1.29 bits per heavy atom.